The van der Waals surface area contributed by atoms with Gasteiger partial charge in [0.15, 0.2) is 0 Å². The first-order valence-electron chi connectivity index (χ1n) is 6.89. The Hall–Kier alpha value is -1.31. The normalized spacial score (nSPS) is 12.2. The molecule has 1 aromatic carbocycles. The molecule has 1 unspecified atom stereocenters. The molecule has 0 bridgehead atoms. The molecule has 0 aliphatic heterocycles. The Balaban J connectivity index is 2.58. The Morgan fingerprint density at radius 2 is 2.11 bits per heavy atom. The van der Waals surface area contributed by atoms with Crippen LogP contribution in [0.25, 0.3) is 0 Å². The van der Waals surface area contributed by atoms with Gasteiger partial charge in [0.1, 0.15) is 12.0 Å². The van der Waals surface area contributed by atoms with E-state index in [1.54, 1.807) is 0 Å². The summed E-state index contributed by atoms with van der Waals surface area (Å²) in [5.74, 6) is 1.46. The third-order valence-electron chi connectivity index (χ3n) is 3.37. The van der Waals surface area contributed by atoms with Gasteiger partial charge in [0.2, 0.25) is 0 Å². The summed E-state index contributed by atoms with van der Waals surface area (Å²) in [6.07, 6.45) is 5.72. The monoisotopic (exact) mass is 248 g/mol. The van der Waals surface area contributed by atoms with Gasteiger partial charge in [-0.25, -0.2) is 0 Å². The number of hydrogen-bond acceptors (Lipinski definition) is 2. The summed E-state index contributed by atoms with van der Waals surface area (Å²) in [5.41, 5.74) is 1.77. The van der Waals surface area contributed by atoms with E-state index < -0.39 is 0 Å². The molecule has 2 heteroatoms. The first-order valence-corrected chi connectivity index (χ1v) is 6.89. The van der Waals surface area contributed by atoms with Gasteiger partial charge in [0, 0.05) is 5.56 Å². The molecule has 0 aliphatic carbocycles. The van der Waals surface area contributed by atoms with Crippen molar-refractivity contribution in [2.24, 2.45) is 5.92 Å². The van der Waals surface area contributed by atoms with Crippen LogP contribution >= 0.6 is 0 Å². The number of rotatable bonds is 8. The van der Waals surface area contributed by atoms with Gasteiger partial charge in [-0.1, -0.05) is 45.2 Å². The van der Waals surface area contributed by atoms with E-state index in [4.69, 9.17) is 4.74 Å². The number of aldehydes is 1. The summed E-state index contributed by atoms with van der Waals surface area (Å²) in [5, 5.41) is 0. The first-order chi connectivity index (χ1) is 8.71. The summed E-state index contributed by atoms with van der Waals surface area (Å²) in [6, 6.07) is 5.59. The van der Waals surface area contributed by atoms with Crippen LogP contribution in [0.4, 0.5) is 0 Å². The summed E-state index contributed by atoms with van der Waals surface area (Å²) >= 11 is 0. The van der Waals surface area contributed by atoms with Crippen molar-refractivity contribution in [1.82, 2.24) is 0 Å². The second-order valence-electron chi connectivity index (χ2n) is 4.87. The zero-order valence-corrected chi connectivity index (χ0v) is 11.7. The fraction of sp³-hybridized carbons (Fsp3) is 0.562. The predicted octanol–water partition coefficient (Wildman–Crippen LogP) is 4.40. The van der Waals surface area contributed by atoms with Gasteiger partial charge >= 0.3 is 0 Å². The van der Waals surface area contributed by atoms with Crippen molar-refractivity contribution in [2.45, 2.75) is 46.5 Å². The van der Waals surface area contributed by atoms with Crippen LogP contribution < -0.4 is 4.74 Å². The van der Waals surface area contributed by atoms with E-state index in [0.717, 1.165) is 30.6 Å². The van der Waals surface area contributed by atoms with Crippen LogP contribution in [0.2, 0.25) is 0 Å². The van der Waals surface area contributed by atoms with E-state index in [1.165, 1.54) is 19.3 Å². The molecule has 0 amide bonds. The Morgan fingerprint density at radius 3 is 2.72 bits per heavy atom. The Kier molecular flexibility index (Phi) is 6.48. The highest BCUT2D eigenvalue weighted by Gasteiger charge is 2.08. The van der Waals surface area contributed by atoms with E-state index in [-0.39, 0.29) is 0 Å². The van der Waals surface area contributed by atoms with E-state index in [2.05, 4.69) is 13.8 Å². The molecule has 0 spiro atoms. The molecule has 1 aromatic rings. The molecule has 0 aromatic heterocycles. The number of unbranched alkanes of at least 4 members (excludes halogenated alkanes) is 1. The topological polar surface area (TPSA) is 26.3 Å². The average molecular weight is 248 g/mol. The number of carbonyl (C=O) groups excluding carboxylic acids is 1. The lowest BCUT2D eigenvalue weighted by Crippen LogP contribution is -2.12. The van der Waals surface area contributed by atoms with E-state index in [1.807, 2.05) is 25.1 Å². The summed E-state index contributed by atoms with van der Waals surface area (Å²) in [4.78, 5) is 10.8. The molecule has 0 aliphatic rings. The number of carbonyl (C=O) groups is 1. The van der Waals surface area contributed by atoms with Crippen molar-refractivity contribution in [1.29, 1.82) is 0 Å². The second kappa shape index (κ2) is 7.91. The molecule has 1 atom stereocenters. The lowest BCUT2D eigenvalue weighted by atomic mass is 10.0. The summed E-state index contributed by atoms with van der Waals surface area (Å²) < 4.78 is 5.87. The van der Waals surface area contributed by atoms with Gasteiger partial charge in [-0.3, -0.25) is 4.79 Å². The Labute approximate surface area is 110 Å². The van der Waals surface area contributed by atoms with Crippen molar-refractivity contribution >= 4 is 6.29 Å². The summed E-state index contributed by atoms with van der Waals surface area (Å²) in [7, 11) is 0. The highest BCUT2D eigenvalue weighted by Crippen LogP contribution is 2.21. The maximum Gasteiger partial charge on any atom is 0.150 e. The quantitative estimate of drug-likeness (QED) is 0.637. The fourth-order valence-electron chi connectivity index (χ4n) is 1.95. The third-order valence-corrected chi connectivity index (χ3v) is 3.37. The third kappa shape index (κ3) is 4.52. The maximum absolute atomic E-state index is 10.8. The number of aryl methyl sites for hydroxylation is 1. The standard InChI is InChI=1S/C16H24O2/c1-4-6-7-14(5-2)12-18-16-10-15(11-17)9-8-13(16)3/h8-11,14H,4-7,12H2,1-3H3. The first kappa shape index (κ1) is 14.7. The summed E-state index contributed by atoms with van der Waals surface area (Å²) in [6.45, 7) is 7.18. The van der Waals surface area contributed by atoms with Gasteiger partial charge in [-0.05, 0) is 30.9 Å². The van der Waals surface area contributed by atoms with Gasteiger partial charge < -0.3 is 4.74 Å². The molecule has 2 nitrogen and oxygen atoms in total. The smallest absolute Gasteiger partial charge is 0.150 e. The van der Waals surface area contributed by atoms with E-state index in [0.29, 0.717) is 11.5 Å². The highest BCUT2D eigenvalue weighted by molar-refractivity contribution is 5.75. The molecule has 0 fully saturated rings. The predicted molar refractivity (Wildman–Crippen MR) is 75.4 cm³/mol. The minimum absolute atomic E-state index is 0.615. The van der Waals surface area contributed by atoms with Crippen LogP contribution in [0.15, 0.2) is 18.2 Å². The Morgan fingerprint density at radius 1 is 1.33 bits per heavy atom. The number of ether oxygens (including phenoxy) is 1. The molecule has 18 heavy (non-hydrogen) atoms. The highest BCUT2D eigenvalue weighted by atomic mass is 16.5. The molecule has 0 N–H and O–H groups in total. The van der Waals surface area contributed by atoms with Crippen LogP contribution in [0.1, 0.15) is 55.5 Å². The van der Waals surface area contributed by atoms with E-state index in [9.17, 15) is 4.79 Å². The molecule has 0 saturated carbocycles. The van der Waals surface area contributed by atoms with Gasteiger partial charge in [-0.15, -0.1) is 0 Å². The van der Waals surface area contributed by atoms with Crippen molar-refractivity contribution in [3.63, 3.8) is 0 Å². The van der Waals surface area contributed by atoms with Crippen LogP contribution in [-0.2, 0) is 0 Å². The maximum atomic E-state index is 10.8. The minimum Gasteiger partial charge on any atom is -0.493 e. The van der Waals surface area contributed by atoms with Crippen molar-refractivity contribution in [2.75, 3.05) is 6.61 Å². The molecule has 1 rings (SSSR count). The van der Waals surface area contributed by atoms with Crippen LogP contribution in [0, 0.1) is 12.8 Å². The second-order valence-corrected chi connectivity index (χ2v) is 4.87. The van der Waals surface area contributed by atoms with Crippen molar-refractivity contribution in [3.05, 3.63) is 29.3 Å². The zero-order valence-electron chi connectivity index (χ0n) is 11.7. The lowest BCUT2D eigenvalue weighted by molar-refractivity contribution is 0.112. The SMILES string of the molecule is CCCCC(CC)COc1cc(C=O)ccc1C. The van der Waals surface area contributed by atoms with Gasteiger partial charge in [0.05, 0.1) is 6.61 Å². The average Bonchev–Trinajstić information content (AvgIpc) is 2.40. The van der Waals surface area contributed by atoms with Crippen LogP contribution in [0.3, 0.4) is 0 Å². The van der Waals surface area contributed by atoms with E-state index >= 15 is 0 Å². The van der Waals surface area contributed by atoms with Crippen LogP contribution in [-0.4, -0.2) is 12.9 Å². The van der Waals surface area contributed by atoms with Crippen molar-refractivity contribution < 1.29 is 9.53 Å². The molecule has 100 valence electrons. The zero-order chi connectivity index (χ0) is 13.4. The Bertz CT molecular complexity index is 371. The fourth-order valence-corrected chi connectivity index (χ4v) is 1.95. The molecular weight excluding hydrogens is 224 g/mol. The number of hydrogen-bond donors (Lipinski definition) is 0. The number of benzene rings is 1. The molecule has 0 heterocycles. The van der Waals surface area contributed by atoms with Gasteiger partial charge in [0.25, 0.3) is 0 Å². The minimum atomic E-state index is 0.615. The van der Waals surface area contributed by atoms with Crippen molar-refractivity contribution in [3.8, 4) is 5.75 Å². The molecule has 0 radical (unpaired) electrons. The van der Waals surface area contributed by atoms with Gasteiger partial charge in [-0.2, -0.15) is 0 Å². The molecular formula is C16H24O2. The largest absolute Gasteiger partial charge is 0.493 e. The van der Waals surface area contributed by atoms with Crippen LogP contribution in [0.5, 0.6) is 5.75 Å². The lowest BCUT2D eigenvalue weighted by Gasteiger charge is -2.17. The molecule has 0 saturated heterocycles.